The Balaban J connectivity index is 1.36. The second-order valence-electron chi connectivity index (χ2n) is 12.4. The molecule has 3 aliphatic heterocycles. The SMILES string of the molecule is c1ccc2c(c1)Sc1cccc3c1N2B1c2c(cc4oc5ccccc5c4c2-3)-n2c3ccc4ccccc4c3c3cccc1c32. The average Bonchev–Trinajstić information content (AvgIpc) is 3.64. The van der Waals surface area contributed by atoms with Crippen LogP contribution < -0.4 is 15.7 Å². The van der Waals surface area contributed by atoms with Gasteiger partial charge in [0, 0.05) is 54.3 Å². The van der Waals surface area contributed by atoms with Crippen LogP contribution in [0.25, 0.3) is 71.3 Å². The fraction of sp³-hybridized carbons (Fsp3) is 0. The Morgan fingerprint density at radius 1 is 0.600 bits per heavy atom. The van der Waals surface area contributed by atoms with Crippen LogP contribution in [0.2, 0.25) is 0 Å². The number of anilines is 2. The predicted octanol–water partition coefficient (Wildman–Crippen LogP) is 9.54. The lowest BCUT2D eigenvalue weighted by atomic mass is 9.43. The number of nitrogens with zero attached hydrogens (tertiary/aromatic N) is 2. The van der Waals surface area contributed by atoms with E-state index in [0.29, 0.717) is 0 Å². The van der Waals surface area contributed by atoms with Gasteiger partial charge in [0.05, 0.1) is 16.7 Å². The maximum Gasteiger partial charge on any atom is 0.333 e. The summed E-state index contributed by atoms with van der Waals surface area (Å²) in [7, 11) is 0. The fourth-order valence-electron chi connectivity index (χ4n) is 8.69. The first-order valence-corrected chi connectivity index (χ1v) is 16.3. The van der Waals surface area contributed by atoms with E-state index < -0.39 is 0 Å². The number of para-hydroxylation sites is 4. The molecule has 9 aromatic rings. The van der Waals surface area contributed by atoms with E-state index in [0.717, 1.165) is 11.2 Å². The van der Waals surface area contributed by atoms with Crippen molar-refractivity contribution in [3.05, 3.63) is 127 Å². The van der Waals surface area contributed by atoms with Gasteiger partial charge in [0.15, 0.2) is 0 Å². The molecular weight excluding hydrogens is 567 g/mol. The normalized spacial score (nSPS) is 14.0. The van der Waals surface area contributed by atoms with Crippen molar-refractivity contribution in [1.82, 2.24) is 4.57 Å². The standard InChI is InChI=1S/C40H21BN2OS/c1-2-10-23-22(9-1)19-20-29-35(23)25-12-7-14-27-39(25)42(29)30-21-32-36(24-11-3-5-16-31(24)44-32)37-26-13-8-18-34-40(26)43(41(27)38(30)37)28-15-4-6-17-33(28)45-34/h1-21H. The van der Waals surface area contributed by atoms with Crippen molar-refractivity contribution >= 4 is 95.4 Å². The molecule has 0 atom stereocenters. The zero-order valence-corrected chi connectivity index (χ0v) is 24.7. The monoisotopic (exact) mass is 588 g/mol. The smallest absolute Gasteiger partial charge is 0.333 e. The molecule has 0 fully saturated rings. The summed E-state index contributed by atoms with van der Waals surface area (Å²) in [5.41, 5.74) is 13.5. The summed E-state index contributed by atoms with van der Waals surface area (Å²) in [5, 5.41) is 7.56. The van der Waals surface area contributed by atoms with E-state index in [1.807, 2.05) is 11.8 Å². The number of benzene rings is 7. The number of hydrogen-bond acceptors (Lipinski definition) is 3. The minimum Gasteiger partial charge on any atom is -0.456 e. The Bertz CT molecular complexity index is 2830. The van der Waals surface area contributed by atoms with Gasteiger partial charge in [-0.05, 0) is 57.6 Å². The van der Waals surface area contributed by atoms with Crippen LogP contribution in [-0.4, -0.2) is 11.4 Å². The van der Waals surface area contributed by atoms with Gasteiger partial charge in [0.1, 0.15) is 11.2 Å². The molecule has 7 aromatic carbocycles. The van der Waals surface area contributed by atoms with Crippen LogP contribution in [0.1, 0.15) is 0 Å². The van der Waals surface area contributed by atoms with Crippen molar-refractivity contribution in [2.45, 2.75) is 9.79 Å². The van der Waals surface area contributed by atoms with Crippen LogP contribution in [0.5, 0.6) is 0 Å². The second kappa shape index (κ2) is 7.81. The number of rotatable bonds is 0. The zero-order valence-electron chi connectivity index (χ0n) is 23.9. The van der Waals surface area contributed by atoms with Gasteiger partial charge in [-0.25, -0.2) is 0 Å². The molecule has 0 saturated heterocycles. The van der Waals surface area contributed by atoms with Gasteiger partial charge in [-0.1, -0.05) is 103 Å². The number of fused-ring (bicyclic) bond motifs is 15. The summed E-state index contributed by atoms with van der Waals surface area (Å²) in [4.78, 5) is 5.24. The average molecular weight is 589 g/mol. The molecule has 2 aromatic heterocycles. The van der Waals surface area contributed by atoms with Gasteiger partial charge in [0.2, 0.25) is 0 Å². The van der Waals surface area contributed by atoms with Crippen LogP contribution in [0.15, 0.2) is 142 Å². The predicted molar refractivity (Wildman–Crippen MR) is 189 cm³/mol. The highest BCUT2D eigenvalue weighted by Gasteiger charge is 2.47. The van der Waals surface area contributed by atoms with E-state index >= 15 is 0 Å². The third-order valence-corrected chi connectivity index (χ3v) is 11.4. The Morgan fingerprint density at radius 2 is 1.40 bits per heavy atom. The molecule has 0 spiro atoms. The highest BCUT2D eigenvalue weighted by molar-refractivity contribution is 7.99. The lowest BCUT2D eigenvalue weighted by molar-refractivity contribution is 0.669. The van der Waals surface area contributed by atoms with Crippen molar-refractivity contribution in [3.63, 3.8) is 0 Å². The highest BCUT2D eigenvalue weighted by atomic mass is 32.2. The molecule has 0 aliphatic carbocycles. The molecule has 3 nitrogen and oxygen atoms in total. The Labute approximate surface area is 262 Å². The van der Waals surface area contributed by atoms with Crippen LogP contribution in [0.4, 0.5) is 11.4 Å². The number of furan rings is 1. The topological polar surface area (TPSA) is 21.3 Å². The van der Waals surface area contributed by atoms with E-state index in [-0.39, 0.29) is 6.85 Å². The molecule has 5 heterocycles. The Kier molecular flexibility index (Phi) is 4.00. The van der Waals surface area contributed by atoms with Crippen LogP contribution in [0.3, 0.4) is 0 Å². The summed E-state index contributed by atoms with van der Waals surface area (Å²) in [6.07, 6.45) is 0. The van der Waals surface area contributed by atoms with Gasteiger partial charge in [-0.15, -0.1) is 0 Å². The van der Waals surface area contributed by atoms with Gasteiger partial charge < -0.3 is 13.8 Å². The molecule has 206 valence electrons. The van der Waals surface area contributed by atoms with E-state index in [1.165, 1.54) is 92.3 Å². The third kappa shape index (κ3) is 2.62. The van der Waals surface area contributed by atoms with Gasteiger partial charge >= 0.3 is 6.85 Å². The molecule has 5 heteroatoms. The molecule has 12 rings (SSSR count). The van der Waals surface area contributed by atoms with E-state index in [9.17, 15) is 0 Å². The first kappa shape index (κ1) is 23.1. The Morgan fingerprint density at radius 3 is 2.38 bits per heavy atom. The largest absolute Gasteiger partial charge is 0.456 e. The van der Waals surface area contributed by atoms with Crippen molar-refractivity contribution in [1.29, 1.82) is 0 Å². The molecule has 0 bridgehead atoms. The quantitative estimate of drug-likeness (QED) is 0.165. The molecule has 3 aliphatic rings. The molecule has 0 unspecified atom stereocenters. The maximum atomic E-state index is 6.70. The minimum atomic E-state index is 0.00976. The van der Waals surface area contributed by atoms with E-state index in [1.54, 1.807) is 0 Å². The van der Waals surface area contributed by atoms with E-state index in [2.05, 4.69) is 137 Å². The van der Waals surface area contributed by atoms with Crippen molar-refractivity contribution in [2.24, 2.45) is 0 Å². The molecular formula is C40H21BN2OS. The maximum absolute atomic E-state index is 6.70. The second-order valence-corrected chi connectivity index (χ2v) is 13.5. The first-order valence-electron chi connectivity index (χ1n) is 15.5. The van der Waals surface area contributed by atoms with Crippen LogP contribution >= 0.6 is 11.8 Å². The van der Waals surface area contributed by atoms with Gasteiger partial charge in [-0.3, -0.25) is 0 Å². The minimum absolute atomic E-state index is 0.00976. The molecule has 45 heavy (non-hydrogen) atoms. The number of aromatic nitrogens is 1. The van der Waals surface area contributed by atoms with Crippen molar-refractivity contribution < 1.29 is 4.42 Å². The Hall–Kier alpha value is -5.39. The summed E-state index contributed by atoms with van der Waals surface area (Å²) < 4.78 is 9.24. The lowest BCUT2D eigenvalue weighted by Crippen LogP contribution is -2.61. The van der Waals surface area contributed by atoms with Crippen molar-refractivity contribution in [3.8, 4) is 16.8 Å². The lowest BCUT2D eigenvalue weighted by Gasteiger charge is -2.45. The number of hydrogen-bond donors (Lipinski definition) is 0. The van der Waals surface area contributed by atoms with Crippen LogP contribution in [-0.2, 0) is 0 Å². The zero-order chi connectivity index (χ0) is 29.0. The molecule has 0 radical (unpaired) electrons. The molecule has 0 amide bonds. The molecule has 0 saturated carbocycles. The van der Waals surface area contributed by atoms with Gasteiger partial charge in [-0.2, -0.15) is 0 Å². The molecule has 0 N–H and O–H groups in total. The van der Waals surface area contributed by atoms with Gasteiger partial charge in [0.25, 0.3) is 0 Å². The summed E-state index contributed by atoms with van der Waals surface area (Å²) in [5.74, 6) is 0. The highest BCUT2D eigenvalue weighted by Crippen LogP contribution is 2.56. The first-order chi connectivity index (χ1) is 22.3. The summed E-state index contributed by atoms with van der Waals surface area (Å²) in [6, 6.07) is 47.0. The van der Waals surface area contributed by atoms with Crippen molar-refractivity contribution in [2.75, 3.05) is 4.81 Å². The third-order valence-electron chi connectivity index (χ3n) is 10.3. The fourth-order valence-corrected chi connectivity index (χ4v) is 9.80. The van der Waals surface area contributed by atoms with E-state index in [4.69, 9.17) is 4.42 Å². The van der Waals surface area contributed by atoms with Crippen LogP contribution in [0, 0.1) is 0 Å². The summed E-state index contributed by atoms with van der Waals surface area (Å²) >= 11 is 1.88. The summed E-state index contributed by atoms with van der Waals surface area (Å²) in [6.45, 7) is 0.00976.